The molecule has 0 aromatic heterocycles. The summed E-state index contributed by atoms with van der Waals surface area (Å²) in [6.07, 6.45) is 10.6. The predicted molar refractivity (Wildman–Crippen MR) is 44.7 cm³/mol. The van der Waals surface area contributed by atoms with Crippen molar-refractivity contribution in [3.8, 4) is 0 Å². The second kappa shape index (κ2) is 8.70. The van der Waals surface area contributed by atoms with Crippen LogP contribution in [0.15, 0.2) is 12.2 Å². The molecule has 1 nitrogen and oxygen atoms in total. The lowest BCUT2D eigenvalue weighted by Crippen LogP contribution is -1.78. The van der Waals surface area contributed by atoms with Crippen LogP contribution < -0.4 is 0 Å². The minimum atomic E-state index is 0.304. The number of rotatable bonds is 6. The van der Waals surface area contributed by atoms with Crippen molar-refractivity contribution < 1.29 is 5.11 Å². The van der Waals surface area contributed by atoms with Crippen LogP contribution in [0.2, 0.25) is 0 Å². The molecule has 0 saturated carbocycles. The Bertz CT molecular complexity index is 66.8. The van der Waals surface area contributed by atoms with Gasteiger partial charge in [-0.15, -0.1) is 0 Å². The average molecular weight is 141 g/mol. The second-order valence-corrected chi connectivity index (χ2v) is 2.32. The average Bonchev–Trinajstić information content (AvgIpc) is 1.97. The highest BCUT2D eigenvalue weighted by molar-refractivity contribution is 4.93. The summed E-state index contributed by atoms with van der Waals surface area (Å²) in [6.45, 7) is 2.47. The van der Waals surface area contributed by atoms with Crippen molar-refractivity contribution in [3.05, 3.63) is 18.6 Å². The van der Waals surface area contributed by atoms with Gasteiger partial charge < -0.3 is 5.11 Å². The molecule has 0 amide bonds. The van der Waals surface area contributed by atoms with E-state index in [1.54, 1.807) is 0 Å². The zero-order valence-electron chi connectivity index (χ0n) is 6.71. The molecule has 1 heteroatoms. The Balaban J connectivity index is 2.89. The van der Waals surface area contributed by atoms with Gasteiger partial charge in [0.25, 0.3) is 0 Å². The standard InChI is InChI=1S/C9H17O/c1-2-3-4-5-6-7-8-9-10/h4-6,10H,2-3,7-9H2,1H3. The fourth-order valence-electron chi connectivity index (χ4n) is 0.664. The lowest BCUT2D eigenvalue weighted by molar-refractivity contribution is 0.289. The van der Waals surface area contributed by atoms with Crippen molar-refractivity contribution in [3.63, 3.8) is 0 Å². The molecule has 0 aliphatic heterocycles. The van der Waals surface area contributed by atoms with Gasteiger partial charge in [-0.2, -0.15) is 0 Å². The van der Waals surface area contributed by atoms with Crippen molar-refractivity contribution >= 4 is 0 Å². The van der Waals surface area contributed by atoms with Crippen molar-refractivity contribution in [2.45, 2.75) is 32.6 Å². The summed E-state index contributed by atoms with van der Waals surface area (Å²) < 4.78 is 0. The third-order valence-electron chi connectivity index (χ3n) is 1.26. The Morgan fingerprint density at radius 2 is 2.10 bits per heavy atom. The zero-order chi connectivity index (χ0) is 7.66. The molecule has 0 aromatic carbocycles. The smallest absolute Gasteiger partial charge is 0.0433 e. The lowest BCUT2D eigenvalue weighted by atomic mass is 10.2. The van der Waals surface area contributed by atoms with Gasteiger partial charge >= 0.3 is 0 Å². The van der Waals surface area contributed by atoms with Crippen LogP contribution in [-0.2, 0) is 0 Å². The summed E-state index contributed by atoms with van der Waals surface area (Å²) in [5.74, 6) is 0. The Morgan fingerprint density at radius 3 is 2.70 bits per heavy atom. The van der Waals surface area contributed by atoms with E-state index in [1.165, 1.54) is 6.42 Å². The Morgan fingerprint density at radius 1 is 1.30 bits per heavy atom. The second-order valence-electron chi connectivity index (χ2n) is 2.32. The fourth-order valence-corrected chi connectivity index (χ4v) is 0.664. The van der Waals surface area contributed by atoms with E-state index in [0.717, 1.165) is 19.3 Å². The zero-order valence-corrected chi connectivity index (χ0v) is 6.71. The van der Waals surface area contributed by atoms with E-state index >= 15 is 0 Å². The van der Waals surface area contributed by atoms with Crippen LogP contribution >= 0.6 is 0 Å². The largest absolute Gasteiger partial charge is 0.396 e. The van der Waals surface area contributed by atoms with Gasteiger partial charge in [-0.25, -0.2) is 0 Å². The molecule has 0 spiro atoms. The molecule has 0 heterocycles. The predicted octanol–water partition coefficient (Wildman–Crippen LogP) is 2.32. The van der Waals surface area contributed by atoms with E-state index in [2.05, 4.69) is 25.5 Å². The highest BCUT2D eigenvalue weighted by Gasteiger charge is 1.79. The highest BCUT2D eigenvalue weighted by atomic mass is 16.2. The van der Waals surface area contributed by atoms with Gasteiger partial charge in [0, 0.05) is 6.61 Å². The third kappa shape index (κ3) is 7.70. The minimum absolute atomic E-state index is 0.304. The van der Waals surface area contributed by atoms with E-state index in [0.29, 0.717) is 6.61 Å². The summed E-state index contributed by atoms with van der Waals surface area (Å²) in [5.41, 5.74) is 0. The van der Waals surface area contributed by atoms with Gasteiger partial charge in [0.2, 0.25) is 0 Å². The first kappa shape index (κ1) is 9.70. The minimum Gasteiger partial charge on any atom is -0.396 e. The van der Waals surface area contributed by atoms with Crippen LogP contribution in [0.5, 0.6) is 0 Å². The monoisotopic (exact) mass is 141 g/mol. The lowest BCUT2D eigenvalue weighted by Gasteiger charge is -1.88. The fraction of sp³-hybridized carbons (Fsp3) is 0.667. The number of allylic oxidation sites excluding steroid dienone is 2. The summed E-state index contributed by atoms with van der Waals surface area (Å²) in [5, 5.41) is 8.42. The molecule has 0 aliphatic carbocycles. The van der Waals surface area contributed by atoms with Crippen LogP contribution in [0.25, 0.3) is 0 Å². The van der Waals surface area contributed by atoms with Crippen molar-refractivity contribution in [1.82, 2.24) is 0 Å². The summed E-state index contributed by atoms with van der Waals surface area (Å²) in [4.78, 5) is 0. The Kier molecular flexibility index (Phi) is 8.44. The van der Waals surface area contributed by atoms with Gasteiger partial charge in [-0.05, 0) is 25.7 Å². The SMILES string of the molecule is CCC[CH]C=CCCCO. The van der Waals surface area contributed by atoms with Crippen LogP contribution in [0.1, 0.15) is 32.6 Å². The molecule has 0 unspecified atom stereocenters. The van der Waals surface area contributed by atoms with E-state index in [4.69, 9.17) is 5.11 Å². The molecule has 1 N–H and O–H groups in total. The van der Waals surface area contributed by atoms with E-state index in [-0.39, 0.29) is 0 Å². The summed E-state index contributed by atoms with van der Waals surface area (Å²) >= 11 is 0. The molecule has 0 aromatic rings. The number of aliphatic hydroxyl groups is 1. The molecule has 1 radical (unpaired) electrons. The maximum atomic E-state index is 8.42. The Labute approximate surface area is 63.8 Å². The van der Waals surface area contributed by atoms with Crippen molar-refractivity contribution in [1.29, 1.82) is 0 Å². The molecule has 0 atom stereocenters. The first-order valence-electron chi connectivity index (χ1n) is 4.01. The van der Waals surface area contributed by atoms with Crippen LogP contribution in [-0.4, -0.2) is 11.7 Å². The van der Waals surface area contributed by atoms with Gasteiger partial charge in [-0.1, -0.05) is 25.5 Å². The number of unbranched alkanes of at least 4 members (excludes halogenated alkanes) is 3. The maximum Gasteiger partial charge on any atom is 0.0433 e. The first-order valence-corrected chi connectivity index (χ1v) is 4.01. The molecule has 0 aliphatic rings. The maximum absolute atomic E-state index is 8.42. The number of hydrogen-bond donors (Lipinski definition) is 1. The van der Waals surface area contributed by atoms with Crippen molar-refractivity contribution in [2.24, 2.45) is 0 Å². The van der Waals surface area contributed by atoms with E-state index < -0.39 is 0 Å². The van der Waals surface area contributed by atoms with Crippen LogP contribution in [0.3, 0.4) is 0 Å². The Hall–Kier alpha value is -0.300. The molecule has 0 rings (SSSR count). The van der Waals surface area contributed by atoms with Gasteiger partial charge in [0.15, 0.2) is 0 Å². The van der Waals surface area contributed by atoms with Gasteiger partial charge in [0.05, 0.1) is 0 Å². The molecule has 0 bridgehead atoms. The van der Waals surface area contributed by atoms with Crippen LogP contribution in [0, 0.1) is 6.42 Å². The quantitative estimate of drug-likeness (QED) is 0.563. The highest BCUT2D eigenvalue weighted by Crippen LogP contribution is 1.95. The van der Waals surface area contributed by atoms with E-state index in [9.17, 15) is 0 Å². The first-order chi connectivity index (χ1) is 4.91. The molecule has 59 valence electrons. The molecule has 0 saturated heterocycles. The third-order valence-corrected chi connectivity index (χ3v) is 1.26. The number of aliphatic hydroxyl groups excluding tert-OH is 1. The van der Waals surface area contributed by atoms with E-state index in [1.807, 2.05) is 0 Å². The van der Waals surface area contributed by atoms with Gasteiger partial charge in [-0.3, -0.25) is 0 Å². The number of hydrogen-bond acceptors (Lipinski definition) is 1. The van der Waals surface area contributed by atoms with Gasteiger partial charge in [0.1, 0.15) is 0 Å². The summed E-state index contributed by atoms with van der Waals surface area (Å²) in [6, 6.07) is 0. The molecular weight excluding hydrogens is 124 g/mol. The molecular formula is C9H17O. The van der Waals surface area contributed by atoms with Crippen LogP contribution in [0.4, 0.5) is 0 Å². The van der Waals surface area contributed by atoms with Crippen molar-refractivity contribution in [2.75, 3.05) is 6.61 Å². The molecule has 0 fully saturated rings. The normalized spacial score (nSPS) is 11.0. The summed E-state index contributed by atoms with van der Waals surface area (Å²) in [7, 11) is 0. The molecule has 10 heavy (non-hydrogen) atoms. The topological polar surface area (TPSA) is 20.2 Å².